The van der Waals surface area contributed by atoms with E-state index in [4.69, 9.17) is 5.73 Å². The van der Waals surface area contributed by atoms with Crippen molar-refractivity contribution >= 4 is 12.4 Å². The van der Waals surface area contributed by atoms with Gasteiger partial charge in [-0.25, -0.2) is 0 Å². The third kappa shape index (κ3) is 4.24. The molecule has 0 amide bonds. The molecule has 114 valence electrons. The van der Waals surface area contributed by atoms with Crippen molar-refractivity contribution in [2.24, 2.45) is 11.7 Å². The number of para-hydroxylation sites is 1. The molecule has 0 aliphatic heterocycles. The van der Waals surface area contributed by atoms with Crippen LogP contribution in [0.5, 0.6) is 5.75 Å². The van der Waals surface area contributed by atoms with Gasteiger partial charge in [0, 0.05) is 11.6 Å². The van der Waals surface area contributed by atoms with Crippen molar-refractivity contribution in [3.63, 3.8) is 0 Å². The Labute approximate surface area is 120 Å². The van der Waals surface area contributed by atoms with Crippen molar-refractivity contribution in [1.82, 2.24) is 0 Å². The SMILES string of the molecule is Cl.N[C@@H](CC1CC1)c1ccccc1OC(F)(F)C(F)F. The molecule has 2 rings (SSSR count). The molecule has 1 aliphatic rings. The Kier molecular flexibility index (Phi) is 5.65. The van der Waals surface area contributed by atoms with Crippen molar-refractivity contribution < 1.29 is 22.3 Å². The van der Waals surface area contributed by atoms with E-state index in [2.05, 4.69) is 4.74 Å². The number of halogens is 5. The molecule has 0 spiro atoms. The van der Waals surface area contributed by atoms with Crippen molar-refractivity contribution in [2.45, 2.75) is 37.8 Å². The monoisotopic (exact) mass is 313 g/mol. The summed E-state index contributed by atoms with van der Waals surface area (Å²) in [5.74, 6) is 0.222. The van der Waals surface area contributed by atoms with Crippen molar-refractivity contribution in [1.29, 1.82) is 0 Å². The Morgan fingerprint density at radius 3 is 2.40 bits per heavy atom. The summed E-state index contributed by atoms with van der Waals surface area (Å²) in [6.45, 7) is 0. The molecule has 0 bridgehead atoms. The minimum absolute atomic E-state index is 0. The Morgan fingerprint density at radius 2 is 1.85 bits per heavy atom. The Balaban J connectivity index is 0.00000200. The van der Waals surface area contributed by atoms with E-state index in [0.29, 0.717) is 17.9 Å². The lowest BCUT2D eigenvalue weighted by Gasteiger charge is -2.21. The highest BCUT2D eigenvalue weighted by molar-refractivity contribution is 5.85. The van der Waals surface area contributed by atoms with Crippen LogP contribution in [0.15, 0.2) is 24.3 Å². The number of benzene rings is 1. The highest BCUT2D eigenvalue weighted by atomic mass is 35.5. The van der Waals surface area contributed by atoms with E-state index in [-0.39, 0.29) is 18.2 Å². The zero-order chi connectivity index (χ0) is 14.0. The van der Waals surface area contributed by atoms with Gasteiger partial charge in [0.25, 0.3) is 0 Å². The summed E-state index contributed by atoms with van der Waals surface area (Å²) >= 11 is 0. The van der Waals surface area contributed by atoms with Gasteiger partial charge in [0.1, 0.15) is 5.75 Å². The molecule has 7 heteroatoms. The molecule has 0 saturated heterocycles. The molecule has 1 aromatic rings. The second kappa shape index (κ2) is 6.63. The highest BCUT2D eigenvalue weighted by Gasteiger charge is 2.44. The van der Waals surface area contributed by atoms with E-state index in [0.717, 1.165) is 12.8 Å². The third-order valence-corrected chi connectivity index (χ3v) is 3.10. The molecule has 1 aromatic carbocycles. The van der Waals surface area contributed by atoms with Crippen molar-refractivity contribution in [2.75, 3.05) is 0 Å². The van der Waals surface area contributed by atoms with E-state index in [1.54, 1.807) is 6.07 Å². The number of alkyl halides is 4. The van der Waals surface area contributed by atoms with Gasteiger partial charge in [-0.3, -0.25) is 0 Å². The topological polar surface area (TPSA) is 35.2 Å². The normalized spacial score (nSPS) is 16.7. The largest absolute Gasteiger partial charge is 0.461 e. The van der Waals surface area contributed by atoms with Gasteiger partial charge in [-0.05, 0) is 18.4 Å². The smallest absolute Gasteiger partial charge is 0.428 e. The summed E-state index contributed by atoms with van der Waals surface area (Å²) in [6, 6.07) is 5.36. The third-order valence-electron chi connectivity index (χ3n) is 3.10. The van der Waals surface area contributed by atoms with E-state index >= 15 is 0 Å². The van der Waals surface area contributed by atoms with Gasteiger partial charge in [-0.15, -0.1) is 12.4 Å². The molecule has 0 aromatic heterocycles. The number of hydrogen-bond acceptors (Lipinski definition) is 2. The van der Waals surface area contributed by atoms with Gasteiger partial charge in [-0.2, -0.15) is 17.6 Å². The fourth-order valence-electron chi connectivity index (χ4n) is 1.91. The van der Waals surface area contributed by atoms with Gasteiger partial charge in [0.05, 0.1) is 0 Å². The molecule has 0 unspecified atom stereocenters. The molecule has 1 aliphatic carbocycles. The van der Waals surface area contributed by atoms with Crippen LogP contribution in [0, 0.1) is 5.92 Å². The predicted molar refractivity (Wildman–Crippen MR) is 69.5 cm³/mol. The first-order chi connectivity index (χ1) is 8.90. The van der Waals surface area contributed by atoms with Crippen molar-refractivity contribution in [3.8, 4) is 5.75 Å². The van der Waals surface area contributed by atoms with Crippen LogP contribution in [0.4, 0.5) is 17.6 Å². The Bertz CT molecular complexity index is 440. The molecular formula is C13H16ClF4NO. The maximum absolute atomic E-state index is 12.9. The van der Waals surface area contributed by atoms with Crippen LogP contribution in [0.3, 0.4) is 0 Å². The molecule has 0 radical (unpaired) electrons. The average Bonchev–Trinajstić information content (AvgIpc) is 3.12. The van der Waals surface area contributed by atoms with Crippen LogP contribution in [-0.2, 0) is 0 Å². The molecular weight excluding hydrogens is 298 g/mol. The lowest BCUT2D eigenvalue weighted by Crippen LogP contribution is -2.34. The minimum Gasteiger partial charge on any atom is -0.428 e. The number of nitrogens with two attached hydrogens (primary N) is 1. The quantitative estimate of drug-likeness (QED) is 0.801. The van der Waals surface area contributed by atoms with E-state index in [1.165, 1.54) is 18.2 Å². The van der Waals surface area contributed by atoms with Gasteiger partial charge >= 0.3 is 12.5 Å². The maximum Gasteiger partial charge on any atom is 0.461 e. The molecule has 1 saturated carbocycles. The Morgan fingerprint density at radius 1 is 1.25 bits per heavy atom. The number of ether oxygens (including phenoxy) is 1. The van der Waals surface area contributed by atoms with Gasteiger partial charge < -0.3 is 10.5 Å². The molecule has 1 fully saturated rings. The van der Waals surface area contributed by atoms with Crippen LogP contribution in [-0.4, -0.2) is 12.5 Å². The second-order valence-electron chi connectivity index (χ2n) is 4.79. The summed E-state index contributed by atoms with van der Waals surface area (Å²) in [5, 5.41) is 0. The summed E-state index contributed by atoms with van der Waals surface area (Å²) in [4.78, 5) is 0. The van der Waals surface area contributed by atoms with E-state index in [9.17, 15) is 17.6 Å². The number of hydrogen-bond donors (Lipinski definition) is 1. The highest BCUT2D eigenvalue weighted by Crippen LogP contribution is 2.39. The van der Waals surface area contributed by atoms with E-state index < -0.39 is 18.6 Å². The van der Waals surface area contributed by atoms with Crippen LogP contribution in [0.25, 0.3) is 0 Å². The Hall–Kier alpha value is -1.01. The maximum atomic E-state index is 12.9. The molecule has 20 heavy (non-hydrogen) atoms. The summed E-state index contributed by atoms with van der Waals surface area (Å²) in [7, 11) is 0. The van der Waals surface area contributed by atoms with Gasteiger partial charge in [0.15, 0.2) is 0 Å². The lowest BCUT2D eigenvalue weighted by molar-refractivity contribution is -0.253. The lowest BCUT2D eigenvalue weighted by atomic mass is 10.0. The fraction of sp³-hybridized carbons (Fsp3) is 0.538. The van der Waals surface area contributed by atoms with Crippen LogP contribution in [0.1, 0.15) is 30.9 Å². The summed E-state index contributed by atoms with van der Waals surface area (Å²) < 4.78 is 54.3. The van der Waals surface area contributed by atoms with Crippen LogP contribution in [0.2, 0.25) is 0 Å². The first-order valence-electron chi connectivity index (χ1n) is 6.09. The molecule has 2 nitrogen and oxygen atoms in total. The first kappa shape index (κ1) is 17.0. The van der Waals surface area contributed by atoms with Crippen LogP contribution >= 0.6 is 12.4 Å². The van der Waals surface area contributed by atoms with Crippen molar-refractivity contribution in [3.05, 3.63) is 29.8 Å². The molecule has 0 heterocycles. The average molecular weight is 314 g/mol. The van der Waals surface area contributed by atoms with E-state index in [1.807, 2.05) is 0 Å². The first-order valence-corrected chi connectivity index (χ1v) is 6.09. The molecule has 1 atom stereocenters. The fourth-order valence-corrected chi connectivity index (χ4v) is 1.91. The molecule has 2 N–H and O–H groups in total. The minimum atomic E-state index is -4.50. The standard InChI is InChI=1S/C13H15F4NO.ClH/c14-12(15)13(16,17)19-11-4-2-1-3-9(11)10(18)7-8-5-6-8;/h1-4,8,10,12H,5-7,18H2;1H/t10-;/m0./s1. The zero-order valence-electron chi connectivity index (χ0n) is 10.6. The van der Waals surface area contributed by atoms with Gasteiger partial charge in [-0.1, -0.05) is 31.0 Å². The number of rotatable bonds is 6. The summed E-state index contributed by atoms with van der Waals surface area (Å²) in [6.07, 6.45) is -5.58. The predicted octanol–water partition coefficient (Wildman–Crippen LogP) is 4.15. The zero-order valence-corrected chi connectivity index (χ0v) is 11.4. The second-order valence-corrected chi connectivity index (χ2v) is 4.79. The summed E-state index contributed by atoms with van der Waals surface area (Å²) in [5.41, 5.74) is 6.26. The van der Waals surface area contributed by atoms with Gasteiger partial charge in [0.2, 0.25) is 0 Å². The van der Waals surface area contributed by atoms with Crippen LogP contribution < -0.4 is 10.5 Å².